The van der Waals surface area contributed by atoms with E-state index in [2.05, 4.69) is 4.98 Å². The summed E-state index contributed by atoms with van der Waals surface area (Å²) in [5.74, 6) is 0. The van der Waals surface area contributed by atoms with Gasteiger partial charge in [0.25, 0.3) is 0 Å². The molecule has 0 saturated heterocycles. The summed E-state index contributed by atoms with van der Waals surface area (Å²) in [4.78, 5) is 13.8. The van der Waals surface area contributed by atoms with Crippen LogP contribution in [0.4, 0.5) is 0 Å². The topological polar surface area (TPSA) is 58.9 Å². The molecule has 1 heterocycles. The zero-order valence-electron chi connectivity index (χ0n) is 6.79. The van der Waals surface area contributed by atoms with Crippen molar-refractivity contribution in [3.05, 3.63) is 40.3 Å². The first-order valence-electron chi connectivity index (χ1n) is 3.88. The Bertz CT molecular complexity index is 314. The van der Waals surface area contributed by atoms with Crippen LogP contribution in [0.5, 0.6) is 0 Å². The van der Waals surface area contributed by atoms with Gasteiger partial charge in [0, 0.05) is 24.0 Å². The average Bonchev–Trinajstić information content (AvgIpc) is 2.05. The van der Waals surface area contributed by atoms with Crippen LogP contribution in [-0.4, -0.2) is 11.5 Å². The van der Waals surface area contributed by atoms with Crippen molar-refractivity contribution in [1.82, 2.24) is 4.98 Å². The molecular weight excluding hydrogens is 152 g/mol. The van der Waals surface area contributed by atoms with Gasteiger partial charge in [-0.2, -0.15) is 0 Å². The molecule has 12 heavy (non-hydrogen) atoms. The van der Waals surface area contributed by atoms with Crippen molar-refractivity contribution in [2.45, 2.75) is 6.42 Å². The molecule has 0 amide bonds. The second kappa shape index (κ2) is 4.51. The highest BCUT2D eigenvalue weighted by Crippen LogP contribution is 1.93. The Morgan fingerprint density at radius 2 is 2.42 bits per heavy atom. The van der Waals surface area contributed by atoms with Gasteiger partial charge in [-0.25, -0.2) is 0 Å². The first kappa shape index (κ1) is 8.74. The third-order valence-corrected chi connectivity index (χ3v) is 1.43. The van der Waals surface area contributed by atoms with E-state index in [1.807, 2.05) is 12.2 Å². The Balaban J connectivity index is 2.69. The van der Waals surface area contributed by atoms with Crippen molar-refractivity contribution in [2.75, 3.05) is 6.54 Å². The minimum atomic E-state index is 0.0150. The Kier molecular flexibility index (Phi) is 3.29. The van der Waals surface area contributed by atoms with Crippen molar-refractivity contribution in [3.63, 3.8) is 0 Å². The molecule has 0 spiro atoms. The summed E-state index contributed by atoms with van der Waals surface area (Å²) in [6.07, 6.45) is 6.25. The van der Waals surface area contributed by atoms with E-state index in [1.54, 1.807) is 12.3 Å². The highest BCUT2D eigenvalue weighted by molar-refractivity contribution is 5.43. The Labute approximate surface area is 70.9 Å². The number of hydrogen-bond donors (Lipinski definition) is 2. The highest BCUT2D eigenvalue weighted by atomic mass is 16.1. The maximum absolute atomic E-state index is 10.8. The van der Waals surface area contributed by atoms with Crippen LogP contribution in [0.1, 0.15) is 12.1 Å². The van der Waals surface area contributed by atoms with Gasteiger partial charge in [-0.1, -0.05) is 6.08 Å². The molecule has 3 nitrogen and oxygen atoms in total. The third-order valence-electron chi connectivity index (χ3n) is 1.43. The number of pyridine rings is 1. The van der Waals surface area contributed by atoms with E-state index >= 15 is 0 Å². The van der Waals surface area contributed by atoms with Crippen LogP contribution >= 0.6 is 0 Å². The van der Waals surface area contributed by atoms with Gasteiger partial charge in [0.05, 0.1) is 0 Å². The molecule has 0 unspecified atom stereocenters. The molecule has 0 saturated carbocycles. The number of aromatic nitrogens is 1. The second-order valence-corrected chi connectivity index (χ2v) is 2.46. The van der Waals surface area contributed by atoms with Crippen molar-refractivity contribution in [2.24, 2.45) is 5.73 Å². The van der Waals surface area contributed by atoms with E-state index in [-0.39, 0.29) is 5.43 Å². The first-order chi connectivity index (χ1) is 5.83. The number of hydrogen-bond acceptors (Lipinski definition) is 2. The fourth-order valence-electron chi connectivity index (χ4n) is 0.866. The summed E-state index contributed by atoms with van der Waals surface area (Å²) in [7, 11) is 0. The SMILES string of the molecule is NCCC=Cc1cc(=O)cc[nH]1. The van der Waals surface area contributed by atoms with Crippen LogP contribution in [0.3, 0.4) is 0 Å². The van der Waals surface area contributed by atoms with E-state index in [9.17, 15) is 4.79 Å². The zero-order valence-corrected chi connectivity index (χ0v) is 6.79. The van der Waals surface area contributed by atoms with Gasteiger partial charge in [-0.15, -0.1) is 0 Å². The zero-order chi connectivity index (χ0) is 8.81. The van der Waals surface area contributed by atoms with Gasteiger partial charge in [0.2, 0.25) is 0 Å². The van der Waals surface area contributed by atoms with Crippen LogP contribution in [0.2, 0.25) is 0 Å². The molecule has 0 aliphatic rings. The van der Waals surface area contributed by atoms with Crippen molar-refractivity contribution < 1.29 is 0 Å². The molecule has 0 bridgehead atoms. The third kappa shape index (κ3) is 2.72. The number of rotatable bonds is 3. The van der Waals surface area contributed by atoms with Crippen LogP contribution in [-0.2, 0) is 0 Å². The number of nitrogens with one attached hydrogen (secondary N) is 1. The monoisotopic (exact) mass is 164 g/mol. The molecule has 0 aliphatic heterocycles. The summed E-state index contributed by atoms with van der Waals surface area (Å²) >= 11 is 0. The fraction of sp³-hybridized carbons (Fsp3) is 0.222. The van der Waals surface area contributed by atoms with Crippen LogP contribution < -0.4 is 11.2 Å². The largest absolute Gasteiger partial charge is 0.361 e. The van der Waals surface area contributed by atoms with Gasteiger partial charge in [0.15, 0.2) is 5.43 Å². The van der Waals surface area contributed by atoms with Gasteiger partial charge in [-0.05, 0) is 19.0 Å². The minimum absolute atomic E-state index is 0.0150. The predicted molar refractivity (Wildman–Crippen MR) is 49.8 cm³/mol. The molecule has 3 N–H and O–H groups in total. The van der Waals surface area contributed by atoms with E-state index in [4.69, 9.17) is 5.73 Å². The lowest BCUT2D eigenvalue weighted by molar-refractivity contribution is 1.01. The Morgan fingerprint density at radius 3 is 3.08 bits per heavy atom. The molecule has 0 atom stereocenters. The highest BCUT2D eigenvalue weighted by Gasteiger charge is 1.85. The lowest BCUT2D eigenvalue weighted by Gasteiger charge is -1.90. The van der Waals surface area contributed by atoms with E-state index in [0.717, 1.165) is 12.1 Å². The molecule has 1 rings (SSSR count). The van der Waals surface area contributed by atoms with Gasteiger partial charge >= 0.3 is 0 Å². The summed E-state index contributed by atoms with van der Waals surface area (Å²) < 4.78 is 0. The number of nitrogens with two attached hydrogens (primary N) is 1. The minimum Gasteiger partial charge on any atom is -0.361 e. The summed E-state index contributed by atoms with van der Waals surface area (Å²) in [6.45, 7) is 0.633. The molecule has 0 aliphatic carbocycles. The van der Waals surface area contributed by atoms with E-state index < -0.39 is 0 Å². The lowest BCUT2D eigenvalue weighted by atomic mass is 10.3. The molecule has 0 aromatic carbocycles. The number of H-pyrrole nitrogens is 1. The first-order valence-corrected chi connectivity index (χ1v) is 3.88. The summed E-state index contributed by atoms with van der Waals surface area (Å²) in [5.41, 5.74) is 6.13. The molecular formula is C9H12N2O. The van der Waals surface area contributed by atoms with Crippen LogP contribution in [0, 0.1) is 0 Å². The maximum Gasteiger partial charge on any atom is 0.182 e. The normalized spacial score (nSPS) is 10.8. The van der Waals surface area contributed by atoms with Crippen molar-refractivity contribution >= 4 is 6.08 Å². The standard InChI is InChI=1S/C9H12N2O/c10-5-2-1-3-8-7-9(12)4-6-11-8/h1,3-4,6-7H,2,5,10H2,(H,11,12). The predicted octanol–water partition coefficient (Wildman–Crippen LogP) is 0.737. The van der Waals surface area contributed by atoms with Crippen LogP contribution in [0.25, 0.3) is 6.08 Å². The molecule has 64 valence electrons. The molecule has 1 aromatic rings. The van der Waals surface area contributed by atoms with Crippen molar-refractivity contribution in [3.8, 4) is 0 Å². The fourth-order valence-corrected chi connectivity index (χ4v) is 0.866. The quantitative estimate of drug-likeness (QED) is 0.692. The molecule has 1 aromatic heterocycles. The molecule has 0 radical (unpaired) electrons. The second-order valence-electron chi connectivity index (χ2n) is 2.46. The summed E-state index contributed by atoms with van der Waals surface area (Å²) in [6, 6.07) is 3.04. The smallest absolute Gasteiger partial charge is 0.182 e. The number of aromatic amines is 1. The molecule has 0 fully saturated rings. The Hall–Kier alpha value is -1.35. The Morgan fingerprint density at radius 1 is 1.58 bits per heavy atom. The molecule has 3 heteroatoms. The lowest BCUT2D eigenvalue weighted by Crippen LogP contribution is -1.98. The average molecular weight is 164 g/mol. The van der Waals surface area contributed by atoms with Crippen molar-refractivity contribution in [1.29, 1.82) is 0 Å². The maximum atomic E-state index is 10.8. The van der Waals surface area contributed by atoms with Gasteiger partial charge in [0.1, 0.15) is 0 Å². The van der Waals surface area contributed by atoms with E-state index in [0.29, 0.717) is 6.54 Å². The van der Waals surface area contributed by atoms with Gasteiger partial charge in [-0.3, -0.25) is 4.79 Å². The van der Waals surface area contributed by atoms with Gasteiger partial charge < -0.3 is 10.7 Å². The summed E-state index contributed by atoms with van der Waals surface area (Å²) in [5, 5.41) is 0. The van der Waals surface area contributed by atoms with Crippen LogP contribution in [0.15, 0.2) is 29.2 Å². The van der Waals surface area contributed by atoms with E-state index in [1.165, 1.54) is 6.07 Å².